The van der Waals surface area contributed by atoms with Crippen molar-refractivity contribution in [1.29, 1.82) is 0 Å². The molecule has 2 rings (SSSR count). The molecule has 0 spiro atoms. The zero-order chi connectivity index (χ0) is 15.4. The highest BCUT2D eigenvalue weighted by Gasteiger charge is 2.13. The van der Waals surface area contributed by atoms with Crippen LogP contribution in [0.25, 0.3) is 0 Å². The molecule has 1 aromatic heterocycles. The first-order valence-electron chi connectivity index (χ1n) is 5.96. The number of carbonyl (C=O) groups excluding carboxylic acids is 1. The maximum Gasteiger partial charge on any atom is 0.352 e. The molecule has 2 aromatic rings. The summed E-state index contributed by atoms with van der Waals surface area (Å²) < 4.78 is 13.6. The minimum atomic E-state index is -1.30. The van der Waals surface area contributed by atoms with Crippen molar-refractivity contribution in [3.63, 3.8) is 0 Å². The van der Waals surface area contributed by atoms with E-state index in [2.05, 4.69) is 5.32 Å². The van der Waals surface area contributed by atoms with E-state index >= 15 is 0 Å². The summed E-state index contributed by atoms with van der Waals surface area (Å²) in [5.74, 6) is -2.33. The molecule has 21 heavy (non-hydrogen) atoms. The van der Waals surface area contributed by atoms with Crippen LogP contribution in [-0.4, -0.2) is 21.6 Å². The van der Waals surface area contributed by atoms with Crippen molar-refractivity contribution in [2.45, 2.75) is 6.54 Å². The molecular weight excluding hydrogens is 279 g/mol. The molecule has 108 valence electrons. The number of hydrogen-bond donors (Lipinski definition) is 2. The van der Waals surface area contributed by atoms with Gasteiger partial charge in [-0.2, -0.15) is 0 Å². The number of halogens is 1. The molecule has 0 saturated carbocycles. The molecule has 0 aliphatic rings. The maximum atomic E-state index is 12.7. The monoisotopic (exact) mass is 290 g/mol. The van der Waals surface area contributed by atoms with Crippen molar-refractivity contribution in [1.82, 2.24) is 4.57 Å². The maximum absolute atomic E-state index is 12.7. The van der Waals surface area contributed by atoms with Crippen LogP contribution >= 0.6 is 0 Å². The van der Waals surface area contributed by atoms with E-state index in [1.54, 1.807) is 0 Å². The molecule has 0 aliphatic carbocycles. The van der Waals surface area contributed by atoms with Crippen molar-refractivity contribution < 1.29 is 19.1 Å². The van der Waals surface area contributed by atoms with E-state index < -0.39 is 29.8 Å². The lowest BCUT2D eigenvalue weighted by molar-refractivity contribution is -0.116. The fourth-order valence-electron chi connectivity index (χ4n) is 1.75. The highest BCUT2D eigenvalue weighted by atomic mass is 19.1. The van der Waals surface area contributed by atoms with Crippen molar-refractivity contribution in [2.75, 3.05) is 5.32 Å². The Balaban J connectivity index is 2.18. The number of benzene rings is 1. The second-order valence-corrected chi connectivity index (χ2v) is 4.20. The standard InChI is InChI=1S/C14H11FN2O4/c15-9-4-6-10(7-5-9)16-12(18)8-17-11(14(20)21)2-1-3-13(17)19/h1-7H,8H2,(H,16,18)(H,20,21). The average Bonchev–Trinajstić information content (AvgIpc) is 2.43. The molecular formula is C14H11FN2O4. The van der Waals surface area contributed by atoms with Crippen LogP contribution in [0.15, 0.2) is 47.3 Å². The van der Waals surface area contributed by atoms with Gasteiger partial charge in [0.05, 0.1) is 0 Å². The summed E-state index contributed by atoms with van der Waals surface area (Å²) in [6.07, 6.45) is 0. The van der Waals surface area contributed by atoms with Crippen LogP contribution in [0, 0.1) is 5.82 Å². The molecule has 2 N–H and O–H groups in total. The first kappa shape index (κ1) is 14.4. The summed E-state index contributed by atoms with van der Waals surface area (Å²) in [4.78, 5) is 34.5. The Morgan fingerprint density at radius 1 is 1.14 bits per heavy atom. The van der Waals surface area contributed by atoms with Gasteiger partial charge in [-0.3, -0.25) is 14.2 Å². The van der Waals surface area contributed by atoms with E-state index in [4.69, 9.17) is 5.11 Å². The first-order chi connectivity index (χ1) is 9.97. The third-order valence-electron chi connectivity index (χ3n) is 2.70. The van der Waals surface area contributed by atoms with Crippen LogP contribution in [0.4, 0.5) is 10.1 Å². The van der Waals surface area contributed by atoms with Crippen LogP contribution < -0.4 is 10.9 Å². The van der Waals surface area contributed by atoms with Gasteiger partial charge < -0.3 is 10.4 Å². The average molecular weight is 290 g/mol. The number of amides is 1. The number of hydrogen-bond acceptors (Lipinski definition) is 3. The number of nitrogens with one attached hydrogen (secondary N) is 1. The Labute approximate surface area is 118 Å². The predicted octanol–water partition coefficient (Wildman–Crippen LogP) is 1.32. The highest BCUT2D eigenvalue weighted by Crippen LogP contribution is 2.08. The molecule has 0 fully saturated rings. The quantitative estimate of drug-likeness (QED) is 0.889. The van der Waals surface area contributed by atoms with Crippen molar-refractivity contribution in [3.8, 4) is 0 Å². The number of carbonyl (C=O) groups is 2. The number of anilines is 1. The number of aromatic carboxylic acids is 1. The Morgan fingerprint density at radius 2 is 1.81 bits per heavy atom. The minimum absolute atomic E-state index is 0.281. The summed E-state index contributed by atoms with van der Waals surface area (Å²) in [5, 5.41) is 11.4. The first-order valence-corrected chi connectivity index (χ1v) is 5.96. The van der Waals surface area contributed by atoms with Gasteiger partial charge in [-0.15, -0.1) is 0 Å². The van der Waals surface area contributed by atoms with Gasteiger partial charge in [0.15, 0.2) is 0 Å². The zero-order valence-electron chi connectivity index (χ0n) is 10.7. The van der Waals surface area contributed by atoms with Crippen LogP contribution in [-0.2, 0) is 11.3 Å². The topological polar surface area (TPSA) is 88.4 Å². The summed E-state index contributed by atoms with van der Waals surface area (Å²) in [7, 11) is 0. The summed E-state index contributed by atoms with van der Waals surface area (Å²) in [5.41, 5.74) is -0.525. The number of pyridine rings is 1. The van der Waals surface area contributed by atoms with Gasteiger partial charge in [0, 0.05) is 11.8 Å². The van der Waals surface area contributed by atoms with E-state index in [0.29, 0.717) is 5.69 Å². The van der Waals surface area contributed by atoms with Gasteiger partial charge in [-0.05, 0) is 30.3 Å². The van der Waals surface area contributed by atoms with E-state index in [1.165, 1.54) is 36.4 Å². The fourth-order valence-corrected chi connectivity index (χ4v) is 1.75. The fraction of sp³-hybridized carbons (Fsp3) is 0.0714. The van der Waals surface area contributed by atoms with E-state index in [9.17, 15) is 18.8 Å². The SMILES string of the molecule is O=C(Cn1c(C(=O)O)cccc1=O)Nc1ccc(F)cc1. The van der Waals surface area contributed by atoms with Gasteiger partial charge in [-0.25, -0.2) is 9.18 Å². The normalized spacial score (nSPS) is 10.1. The Hall–Kier alpha value is -2.96. The van der Waals surface area contributed by atoms with Gasteiger partial charge >= 0.3 is 5.97 Å². The van der Waals surface area contributed by atoms with Gasteiger partial charge in [0.1, 0.15) is 18.1 Å². The minimum Gasteiger partial charge on any atom is -0.477 e. The lowest BCUT2D eigenvalue weighted by atomic mass is 10.3. The molecule has 0 atom stereocenters. The molecule has 0 radical (unpaired) electrons. The lowest BCUT2D eigenvalue weighted by Crippen LogP contribution is -2.30. The molecule has 0 saturated heterocycles. The van der Waals surface area contributed by atoms with Gasteiger partial charge in [0.2, 0.25) is 5.91 Å². The molecule has 6 nitrogen and oxygen atoms in total. The predicted molar refractivity (Wildman–Crippen MR) is 72.7 cm³/mol. The van der Waals surface area contributed by atoms with Crippen LogP contribution in [0.1, 0.15) is 10.5 Å². The number of aromatic nitrogens is 1. The van der Waals surface area contributed by atoms with E-state index in [0.717, 1.165) is 10.6 Å². The molecule has 0 unspecified atom stereocenters. The van der Waals surface area contributed by atoms with Crippen molar-refractivity contribution in [3.05, 3.63) is 64.3 Å². The number of nitrogens with zero attached hydrogens (tertiary/aromatic N) is 1. The van der Waals surface area contributed by atoms with Crippen molar-refractivity contribution in [2.24, 2.45) is 0 Å². The molecule has 0 bridgehead atoms. The van der Waals surface area contributed by atoms with E-state index in [1.807, 2.05) is 0 Å². The Morgan fingerprint density at radius 3 is 2.43 bits per heavy atom. The summed E-state index contributed by atoms with van der Waals surface area (Å²) in [6.45, 7) is -0.446. The van der Waals surface area contributed by atoms with Crippen LogP contribution in [0.3, 0.4) is 0 Å². The van der Waals surface area contributed by atoms with Crippen LogP contribution in [0.5, 0.6) is 0 Å². The second-order valence-electron chi connectivity index (χ2n) is 4.20. The molecule has 1 heterocycles. The Bertz CT molecular complexity index is 737. The van der Waals surface area contributed by atoms with E-state index in [-0.39, 0.29) is 5.69 Å². The molecule has 7 heteroatoms. The summed E-state index contributed by atoms with van der Waals surface area (Å²) >= 11 is 0. The van der Waals surface area contributed by atoms with Crippen molar-refractivity contribution >= 4 is 17.6 Å². The number of rotatable bonds is 4. The molecule has 1 amide bonds. The molecule has 1 aromatic carbocycles. The largest absolute Gasteiger partial charge is 0.477 e. The van der Waals surface area contributed by atoms with Gasteiger partial charge in [-0.1, -0.05) is 6.07 Å². The lowest BCUT2D eigenvalue weighted by Gasteiger charge is -2.10. The zero-order valence-corrected chi connectivity index (χ0v) is 10.7. The van der Waals surface area contributed by atoms with Gasteiger partial charge in [0.25, 0.3) is 5.56 Å². The smallest absolute Gasteiger partial charge is 0.352 e. The third-order valence-corrected chi connectivity index (χ3v) is 2.70. The second kappa shape index (κ2) is 6.00. The highest BCUT2D eigenvalue weighted by molar-refractivity contribution is 5.92. The number of carboxylic acids is 1. The summed E-state index contributed by atoms with van der Waals surface area (Å²) in [6, 6.07) is 8.77. The van der Waals surface area contributed by atoms with Crippen LogP contribution in [0.2, 0.25) is 0 Å². The Kier molecular flexibility index (Phi) is 4.13. The molecule has 0 aliphatic heterocycles. The third kappa shape index (κ3) is 3.53. The number of carboxylic acid groups (broad SMARTS) is 1.